The van der Waals surface area contributed by atoms with Crippen molar-refractivity contribution in [2.75, 3.05) is 13.1 Å². The van der Waals surface area contributed by atoms with Crippen LogP contribution in [0.15, 0.2) is 48.5 Å². The van der Waals surface area contributed by atoms with E-state index in [9.17, 15) is 4.79 Å². The second-order valence-electron chi connectivity index (χ2n) is 6.55. The molecule has 4 heteroatoms. The maximum atomic E-state index is 12.0. The molecule has 0 spiro atoms. The zero-order chi connectivity index (χ0) is 17.6. The zero-order valence-electron chi connectivity index (χ0n) is 14.5. The number of nitriles is 1. The molecule has 1 N–H and O–H groups in total. The highest BCUT2D eigenvalue weighted by molar-refractivity contribution is 5.78. The van der Waals surface area contributed by atoms with Crippen LogP contribution in [-0.4, -0.2) is 23.9 Å². The van der Waals surface area contributed by atoms with Gasteiger partial charge >= 0.3 is 0 Å². The molecule has 1 saturated heterocycles. The Morgan fingerprint density at radius 2 is 2.04 bits per heavy atom. The predicted molar refractivity (Wildman–Crippen MR) is 97.7 cm³/mol. The fourth-order valence-corrected chi connectivity index (χ4v) is 3.29. The van der Waals surface area contributed by atoms with Crippen molar-refractivity contribution in [3.63, 3.8) is 0 Å². The van der Waals surface area contributed by atoms with Gasteiger partial charge in [-0.25, -0.2) is 0 Å². The molecule has 1 atom stereocenters. The average Bonchev–Trinajstić information content (AvgIpc) is 3.04. The second kappa shape index (κ2) is 7.96. The molecule has 0 bridgehead atoms. The first-order chi connectivity index (χ1) is 12.2. The summed E-state index contributed by atoms with van der Waals surface area (Å²) in [7, 11) is 0. The Bertz CT molecular complexity index is 779. The summed E-state index contributed by atoms with van der Waals surface area (Å²) in [4.78, 5) is 14.0. The van der Waals surface area contributed by atoms with E-state index < -0.39 is 0 Å². The van der Waals surface area contributed by atoms with Crippen molar-refractivity contribution >= 4 is 5.91 Å². The molecule has 1 heterocycles. The van der Waals surface area contributed by atoms with E-state index in [0.717, 1.165) is 24.1 Å². The van der Waals surface area contributed by atoms with Crippen LogP contribution in [0.1, 0.15) is 41.1 Å². The molecule has 1 aliphatic heterocycles. The van der Waals surface area contributed by atoms with Gasteiger partial charge in [-0.1, -0.05) is 42.5 Å². The Hall–Kier alpha value is -2.64. The van der Waals surface area contributed by atoms with Crippen LogP contribution >= 0.6 is 0 Å². The summed E-state index contributed by atoms with van der Waals surface area (Å²) >= 11 is 0. The first-order valence-corrected chi connectivity index (χ1v) is 8.73. The number of carbonyl (C=O) groups excluding carboxylic acids is 1. The fraction of sp³-hybridized carbons (Fsp3) is 0.333. The van der Waals surface area contributed by atoms with Gasteiger partial charge in [-0.2, -0.15) is 5.26 Å². The van der Waals surface area contributed by atoms with Crippen LogP contribution in [0, 0.1) is 18.3 Å². The molecule has 0 saturated carbocycles. The monoisotopic (exact) mass is 333 g/mol. The maximum absolute atomic E-state index is 12.0. The van der Waals surface area contributed by atoms with E-state index in [4.69, 9.17) is 5.26 Å². The van der Waals surface area contributed by atoms with Crippen LogP contribution in [0.5, 0.6) is 0 Å². The summed E-state index contributed by atoms with van der Waals surface area (Å²) in [5.41, 5.74) is 4.04. The molecule has 3 rings (SSSR count). The number of benzene rings is 2. The third-order valence-electron chi connectivity index (χ3n) is 4.74. The van der Waals surface area contributed by atoms with Gasteiger partial charge in [-0.15, -0.1) is 0 Å². The van der Waals surface area contributed by atoms with Crippen LogP contribution in [-0.2, 0) is 11.3 Å². The van der Waals surface area contributed by atoms with Crippen molar-refractivity contribution in [2.24, 2.45) is 0 Å². The Morgan fingerprint density at radius 1 is 1.24 bits per heavy atom. The highest BCUT2D eigenvalue weighted by atomic mass is 16.2. The molecule has 25 heavy (non-hydrogen) atoms. The quantitative estimate of drug-likeness (QED) is 0.882. The van der Waals surface area contributed by atoms with E-state index in [1.54, 1.807) is 0 Å². The summed E-state index contributed by atoms with van der Waals surface area (Å²) in [5, 5.41) is 12.6. The molecular weight excluding hydrogens is 310 g/mol. The molecular formula is C21H23N3O. The Kier molecular flexibility index (Phi) is 5.47. The number of likely N-dealkylation sites (tertiary alicyclic amines) is 1. The SMILES string of the molecule is Cc1cc(CN[C@H](CN2CCCC2=O)c2ccccc2)ccc1C#N. The lowest BCUT2D eigenvalue weighted by Gasteiger charge is -2.25. The van der Waals surface area contributed by atoms with Gasteiger partial charge in [-0.3, -0.25) is 4.79 Å². The summed E-state index contributed by atoms with van der Waals surface area (Å²) in [5.74, 6) is 0.247. The van der Waals surface area contributed by atoms with Crippen LogP contribution in [0.4, 0.5) is 0 Å². The van der Waals surface area contributed by atoms with Gasteiger partial charge in [0.25, 0.3) is 0 Å². The smallest absolute Gasteiger partial charge is 0.222 e. The van der Waals surface area contributed by atoms with E-state index in [1.165, 1.54) is 5.56 Å². The zero-order valence-corrected chi connectivity index (χ0v) is 14.5. The van der Waals surface area contributed by atoms with Crippen LogP contribution < -0.4 is 5.32 Å². The van der Waals surface area contributed by atoms with E-state index >= 15 is 0 Å². The minimum atomic E-state index is 0.0965. The molecule has 1 amide bonds. The van der Waals surface area contributed by atoms with Crippen molar-refractivity contribution in [1.82, 2.24) is 10.2 Å². The first kappa shape index (κ1) is 17.2. The Labute approximate surface area is 149 Å². The topological polar surface area (TPSA) is 56.1 Å². The van der Waals surface area contributed by atoms with Crippen LogP contribution in [0.3, 0.4) is 0 Å². The van der Waals surface area contributed by atoms with Gasteiger partial charge in [0.2, 0.25) is 5.91 Å². The average molecular weight is 333 g/mol. The maximum Gasteiger partial charge on any atom is 0.222 e. The van der Waals surface area contributed by atoms with Crippen molar-refractivity contribution in [1.29, 1.82) is 5.26 Å². The number of hydrogen-bond acceptors (Lipinski definition) is 3. The lowest BCUT2D eigenvalue weighted by molar-refractivity contribution is -0.128. The Balaban J connectivity index is 1.72. The molecule has 0 aliphatic carbocycles. The van der Waals surface area contributed by atoms with Gasteiger partial charge < -0.3 is 10.2 Å². The molecule has 0 radical (unpaired) electrons. The number of nitrogens with zero attached hydrogens (tertiary/aromatic N) is 2. The summed E-state index contributed by atoms with van der Waals surface area (Å²) < 4.78 is 0. The van der Waals surface area contributed by atoms with Gasteiger partial charge in [0, 0.05) is 26.1 Å². The third kappa shape index (κ3) is 4.26. The van der Waals surface area contributed by atoms with Crippen molar-refractivity contribution in [3.05, 3.63) is 70.8 Å². The Morgan fingerprint density at radius 3 is 2.68 bits per heavy atom. The van der Waals surface area contributed by atoms with Gasteiger partial charge in [-0.05, 0) is 36.1 Å². The molecule has 0 unspecified atom stereocenters. The van der Waals surface area contributed by atoms with Crippen LogP contribution in [0.25, 0.3) is 0 Å². The summed E-state index contributed by atoms with van der Waals surface area (Å²) in [6, 6.07) is 18.5. The molecule has 1 fully saturated rings. The molecule has 0 aromatic heterocycles. The van der Waals surface area contributed by atoms with Crippen molar-refractivity contribution in [3.8, 4) is 6.07 Å². The number of aryl methyl sites for hydroxylation is 1. The molecule has 2 aromatic carbocycles. The van der Waals surface area contributed by atoms with Gasteiger partial charge in [0.15, 0.2) is 0 Å². The normalized spacial score (nSPS) is 15.2. The summed E-state index contributed by atoms with van der Waals surface area (Å²) in [6.45, 7) is 4.20. The fourth-order valence-electron chi connectivity index (χ4n) is 3.29. The van der Waals surface area contributed by atoms with Crippen molar-refractivity contribution < 1.29 is 4.79 Å². The highest BCUT2D eigenvalue weighted by Gasteiger charge is 2.24. The minimum absolute atomic E-state index is 0.0965. The van der Waals surface area contributed by atoms with Crippen LogP contribution in [0.2, 0.25) is 0 Å². The lowest BCUT2D eigenvalue weighted by atomic mass is 10.0. The highest BCUT2D eigenvalue weighted by Crippen LogP contribution is 2.19. The third-order valence-corrected chi connectivity index (χ3v) is 4.74. The number of nitrogens with one attached hydrogen (secondary N) is 1. The lowest BCUT2D eigenvalue weighted by Crippen LogP contribution is -2.35. The number of amides is 1. The first-order valence-electron chi connectivity index (χ1n) is 8.73. The largest absolute Gasteiger partial charge is 0.341 e. The van der Waals surface area contributed by atoms with Gasteiger partial charge in [0.1, 0.15) is 0 Å². The number of carbonyl (C=O) groups is 1. The molecule has 128 valence electrons. The second-order valence-corrected chi connectivity index (χ2v) is 6.55. The van der Waals surface area contributed by atoms with E-state index in [1.807, 2.05) is 42.2 Å². The van der Waals surface area contributed by atoms with Crippen molar-refractivity contribution in [2.45, 2.75) is 32.4 Å². The number of hydrogen-bond donors (Lipinski definition) is 1. The molecule has 4 nitrogen and oxygen atoms in total. The number of rotatable bonds is 6. The van der Waals surface area contributed by atoms with E-state index in [0.29, 0.717) is 25.1 Å². The summed E-state index contributed by atoms with van der Waals surface area (Å²) in [6.07, 6.45) is 1.62. The van der Waals surface area contributed by atoms with E-state index in [2.05, 4.69) is 29.6 Å². The molecule has 2 aromatic rings. The molecule has 1 aliphatic rings. The van der Waals surface area contributed by atoms with E-state index in [-0.39, 0.29) is 11.9 Å². The standard InChI is InChI=1S/C21H23N3O/c1-16-12-17(9-10-19(16)13-22)14-23-20(18-6-3-2-4-7-18)15-24-11-5-8-21(24)25/h2-4,6-7,9-10,12,20,23H,5,8,11,14-15H2,1H3/t20-/m1/s1. The predicted octanol–water partition coefficient (Wildman–Crippen LogP) is 3.32. The minimum Gasteiger partial charge on any atom is -0.341 e. The van der Waals surface area contributed by atoms with Gasteiger partial charge in [0.05, 0.1) is 17.7 Å².